The molecule has 1 atom stereocenters. The number of amides is 1. The standard InChI is InChI=1S/C16H20N4O/c1-3-4-7-16(19-20-16)8-11-18-15(21)12-13(2)14-5-9-17-10-6-14/h1,5-6,9-10,13H,4,7-8,11-12H2,2H3,(H,18,21). The Hall–Kier alpha value is -2.22. The monoisotopic (exact) mass is 284 g/mol. The first-order valence-corrected chi connectivity index (χ1v) is 7.19. The smallest absolute Gasteiger partial charge is 0.220 e. The number of terminal acetylenes is 1. The van der Waals surface area contributed by atoms with Crippen molar-refractivity contribution in [3.8, 4) is 12.3 Å². The SMILES string of the molecule is C#CCCC1(CCNC(=O)CC(C)c2ccncc2)N=N1. The molecular formula is C16H20N4O. The molecule has 0 aliphatic carbocycles. The van der Waals surface area contributed by atoms with Crippen LogP contribution in [0.25, 0.3) is 0 Å². The van der Waals surface area contributed by atoms with Crippen LogP contribution < -0.4 is 5.32 Å². The molecule has 2 rings (SSSR count). The van der Waals surface area contributed by atoms with Crippen LogP contribution >= 0.6 is 0 Å². The molecule has 0 aromatic carbocycles. The molecule has 21 heavy (non-hydrogen) atoms. The van der Waals surface area contributed by atoms with Crippen molar-refractivity contribution in [2.24, 2.45) is 10.2 Å². The van der Waals surface area contributed by atoms with Crippen molar-refractivity contribution in [3.63, 3.8) is 0 Å². The van der Waals surface area contributed by atoms with Crippen LogP contribution in [0.4, 0.5) is 0 Å². The van der Waals surface area contributed by atoms with Gasteiger partial charge in [0.25, 0.3) is 0 Å². The number of carbonyl (C=O) groups excluding carboxylic acids is 1. The summed E-state index contributed by atoms with van der Waals surface area (Å²) in [6.07, 6.45) is 11.4. The Morgan fingerprint density at radius 1 is 1.38 bits per heavy atom. The van der Waals surface area contributed by atoms with E-state index in [0.29, 0.717) is 19.4 Å². The number of aromatic nitrogens is 1. The lowest BCUT2D eigenvalue weighted by Gasteiger charge is -2.13. The molecule has 2 heterocycles. The van der Waals surface area contributed by atoms with Gasteiger partial charge in [-0.1, -0.05) is 6.92 Å². The zero-order valence-corrected chi connectivity index (χ0v) is 12.2. The average Bonchev–Trinajstić information content (AvgIpc) is 3.26. The van der Waals surface area contributed by atoms with Gasteiger partial charge in [-0.15, -0.1) is 12.3 Å². The van der Waals surface area contributed by atoms with Crippen molar-refractivity contribution < 1.29 is 4.79 Å². The van der Waals surface area contributed by atoms with Crippen molar-refractivity contribution in [2.45, 2.75) is 44.2 Å². The molecule has 1 aromatic rings. The van der Waals surface area contributed by atoms with Crippen LogP contribution in [0.1, 0.15) is 44.1 Å². The number of nitrogens with zero attached hydrogens (tertiary/aromatic N) is 3. The fourth-order valence-corrected chi connectivity index (χ4v) is 2.23. The summed E-state index contributed by atoms with van der Waals surface area (Å²) in [6, 6.07) is 3.88. The molecule has 0 spiro atoms. The maximum Gasteiger partial charge on any atom is 0.220 e. The topological polar surface area (TPSA) is 66.7 Å². The van der Waals surface area contributed by atoms with E-state index in [4.69, 9.17) is 6.42 Å². The summed E-state index contributed by atoms with van der Waals surface area (Å²) in [4.78, 5) is 15.9. The fourth-order valence-electron chi connectivity index (χ4n) is 2.23. The van der Waals surface area contributed by atoms with Crippen molar-refractivity contribution in [1.82, 2.24) is 10.3 Å². The van der Waals surface area contributed by atoms with E-state index in [1.165, 1.54) is 0 Å². The van der Waals surface area contributed by atoms with Gasteiger partial charge in [-0.2, -0.15) is 10.2 Å². The molecule has 1 aromatic heterocycles. The Kier molecular flexibility index (Phi) is 5.04. The van der Waals surface area contributed by atoms with Gasteiger partial charge in [-0.05, 0) is 23.6 Å². The Morgan fingerprint density at radius 2 is 2.10 bits per heavy atom. The fraction of sp³-hybridized carbons (Fsp3) is 0.500. The van der Waals surface area contributed by atoms with Gasteiger partial charge >= 0.3 is 0 Å². The molecule has 5 nitrogen and oxygen atoms in total. The molecule has 0 radical (unpaired) electrons. The summed E-state index contributed by atoms with van der Waals surface area (Å²) in [5.41, 5.74) is 0.800. The maximum atomic E-state index is 11.9. The molecule has 1 unspecified atom stereocenters. The highest BCUT2D eigenvalue weighted by atomic mass is 16.1. The van der Waals surface area contributed by atoms with Gasteiger partial charge in [0, 0.05) is 44.6 Å². The summed E-state index contributed by atoms with van der Waals surface area (Å²) in [5.74, 6) is 2.82. The molecule has 5 heteroatoms. The lowest BCUT2D eigenvalue weighted by Crippen LogP contribution is -2.29. The number of nitrogens with one attached hydrogen (secondary N) is 1. The summed E-state index contributed by atoms with van der Waals surface area (Å²) in [7, 11) is 0. The molecule has 1 aliphatic heterocycles. The van der Waals surface area contributed by atoms with Crippen LogP contribution in [-0.4, -0.2) is 23.1 Å². The van der Waals surface area contributed by atoms with Crippen LogP contribution in [0.2, 0.25) is 0 Å². The third-order valence-corrected chi connectivity index (χ3v) is 3.67. The second-order valence-corrected chi connectivity index (χ2v) is 5.37. The Labute approximate surface area is 125 Å². The van der Waals surface area contributed by atoms with Gasteiger partial charge in [0.1, 0.15) is 0 Å². The first-order valence-electron chi connectivity index (χ1n) is 7.19. The summed E-state index contributed by atoms with van der Waals surface area (Å²) >= 11 is 0. The Balaban J connectivity index is 1.67. The summed E-state index contributed by atoms with van der Waals surface area (Å²) < 4.78 is 0. The van der Waals surface area contributed by atoms with Crippen molar-refractivity contribution in [3.05, 3.63) is 30.1 Å². The number of hydrogen-bond acceptors (Lipinski definition) is 4. The average molecular weight is 284 g/mol. The van der Waals surface area contributed by atoms with Crippen LogP contribution in [0.3, 0.4) is 0 Å². The van der Waals surface area contributed by atoms with Crippen LogP contribution in [0.5, 0.6) is 0 Å². The third kappa shape index (κ3) is 4.67. The van der Waals surface area contributed by atoms with E-state index < -0.39 is 0 Å². The minimum Gasteiger partial charge on any atom is -0.356 e. The second-order valence-electron chi connectivity index (χ2n) is 5.37. The van der Waals surface area contributed by atoms with Crippen LogP contribution in [0, 0.1) is 12.3 Å². The molecule has 0 saturated heterocycles. The van der Waals surface area contributed by atoms with Gasteiger partial charge < -0.3 is 5.32 Å². The molecule has 110 valence electrons. The quantitative estimate of drug-likeness (QED) is 0.746. The molecule has 1 N–H and O–H groups in total. The highest BCUT2D eigenvalue weighted by Crippen LogP contribution is 2.36. The van der Waals surface area contributed by atoms with Gasteiger partial charge in [0.2, 0.25) is 5.91 Å². The van der Waals surface area contributed by atoms with Crippen LogP contribution in [0.15, 0.2) is 34.8 Å². The Bertz CT molecular complexity index is 541. The largest absolute Gasteiger partial charge is 0.356 e. The summed E-state index contributed by atoms with van der Waals surface area (Å²) in [6.45, 7) is 2.62. The summed E-state index contributed by atoms with van der Waals surface area (Å²) in [5, 5.41) is 11.0. The molecule has 1 amide bonds. The molecule has 1 aliphatic rings. The van der Waals surface area contributed by atoms with Gasteiger partial charge in [-0.25, -0.2) is 0 Å². The zero-order chi connectivity index (χ0) is 15.1. The highest BCUT2D eigenvalue weighted by Gasteiger charge is 2.38. The normalized spacial score (nSPS) is 16.0. The molecule has 0 bridgehead atoms. The maximum absolute atomic E-state index is 11.9. The van der Waals surface area contributed by atoms with Crippen molar-refractivity contribution in [2.75, 3.05) is 6.54 Å². The molecule has 0 fully saturated rings. The minimum atomic E-state index is -0.323. The number of hydrogen-bond donors (Lipinski definition) is 1. The number of carbonyl (C=O) groups is 1. The third-order valence-electron chi connectivity index (χ3n) is 3.67. The predicted molar refractivity (Wildman–Crippen MR) is 80.5 cm³/mol. The zero-order valence-electron chi connectivity index (χ0n) is 12.2. The van der Waals surface area contributed by atoms with Crippen molar-refractivity contribution in [1.29, 1.82) is 0 Å². The van der Waals surface area contributed by atoms with Crippen LogP contribution in [-0.2, 0) is 4.79 Å². The van der Waals surface area contributed by atoms with E-state index >= 15 is 0 Å². The first kappa shape index (κ1) is 15.2. The second kappa shape index (κ2) is 6.98. The minimum absolute atomic E-state index is 0.0482. The van der Waals surface area contributed by atoms with E-state index in [1.807, 2.05) is 19.1 Å². The van der Waals surface area contributed by atoms with E-state index in [-0.39, 0.29) is 17.5 Å². The van der Waals surface area contributed by atoms with Gasteiger partial charge in [0.15, 0.2) is 5.66 Å². The lowest BCUT2D eigenvalue weighted by molar-refractivity contribution is -0.121. The van der Waals surface area contributed by atoms with E-state index in [2.05, 4.69) is 26.4 Å². The number of pyridine rings is 1. The van der Waals surface area contributed by atoms with Gasteiger partial charge in [-0.3, -0.25) is 9.78 Å². The Morgan fingerprint density at radius 3 is 2.71 bits per heavy atom. The number of rotatable bonds is 8. The van der Waals surface area contributed by atoms with E-state index in [0.717, 1.165) is 18.4 Å². The highest BCUT2D eigenvalue weighted by molar-refractivity contribution is 5.76. The molecular weight excluding hydrogens is 264 g/mol. The van der Waals surface area contributed by atoms with Gasteiger partial charge in [0.05, 0.1) is 0 Å². The van der Waals surface area contributed by atoms with E-state index in [1.54, 1.807) is 12.4 Å². The lowest BCUT2D eigenvalue weighted by atomic mass is 9.98. The molecule has 0 saturated carbocycles. The first-order chi connectivity index (χ1) is 10.2. The van der Waals surface area contributed by atoms with E-state index in [9.17, 15) is 4.79 Å². The predicted octanol–water partition coefficient (Wildman–Crippen LogP) is 2.66. The van der Waals surface area contributed by atoms with Crippen molar-refractivity contribution >= 4 is 5.91 Å².